The summed E-state index contributed by atoms with van der Waals surface area (Å²) < 4.78 is 15.2. The SMILES string of the molecule is COc1cc(OC)cc(C(=O)NCC(=O)OCC(=O)c2ccc(C)cc2C)c1. The average Bonchev–Trinajstić information content (AvgIpc) is 2.69. The third-order valence-electron chi connectivity index (χ3n) is 4.05. The molecule has 0 radical (unpaired) electrons. The van der Waals surface area contributed by atoms with E-state index in [4.69, 9.17) is 14.2 Å². The first kappa shape index (κ1) is 21.0. The number of ether oxygens (including phenoxy) is 3. The van der Waals surface area contributed by atoms with Crippen LogP contribution >= 0.6 is 0 Å². The molecule has 2 aromatic carbocycles. The van der Waals surface area contributed by atoms with Crippen molar-refractivity contribution in [2.45, 2.75) is 13.8 Å². The number of ketones is 1. The Morgan fingerprint density at radius 3 is 2.14 bits per heavy atom. The molecule has 7 nitrogen and oxygen atoms in total. The van der Waals surface area contributed by atoms with Gasteiger partial charge < -0.3 is 19.5 Å². The fourth-order valence-corrected chi connectivity index (χ4v) is 2.59. The van der Waals surface area contributed by atoms with E-state index in [0.29, 0.717) is 17.1 Å². The summed E-state index contributed by atoms with van der Waals surface area (Å²) in [5.74, 6) is -0.594. The van der Waals surface area contributed by atoms with E-state index in [9.17, 15) is 14.4 Å². The molecule has 2 aromatic rings. The van der Waals surface area contributed by atoms with Gasteiger partial charge in [-0.25, -0.2) is 0 Å². The number of carbonyl (C=O) groups excluding carboxylic acids is 3. The molecule has 148 valence electrons. The van der Waals surface area contributed by atoms with E-state index in [0.717, 1.165) is 11.1 Å². The maximum atomic E-state index is 12.2. The Morgan fingerprint density at radius 1 is 0.929 bits per heavy atom. The standard InChI is InChI=1S/C21H23NO6/c1-13-5-6-18(14(2)7-13)19(23)12-28-20(24)11-22-21(25)15-8-16(26-3)10-17(9-15)27-4/h5-10H,11-12H2,1-4H3,(H,22,25). The summed E-state index contributed by atoms with van der Waals surface area (Å²) in [5.41, 5.74) is 2.64. The molecule has 0 aliphatic carbocycles. The van der Waals surface area contributed by atoms with E-state index in [-0.39, 0.29) is 24.5 Å². The minimum Gasteiger partial charge on any atom is -0.497 e. The summed E-state index contributed by atoms with van der Waals surface area (Å²) in [6.07, 6.45) is 0. The van der Waals surface area contributed by atoms with E-state index >= 15 is 0 Å². The van der Waals surface area contributed by atoms with Gasteiger partial charge in [-0.2, -0.15) is 0 Å². The highest BCUT2D eigenvalue weighted by Gasteiger charge is 2.14. The highest BCUT2D eigenvalue weighted by atomic mass is 16.5. The fraction of sp³-hybridized carbons (Fsp3) is 0.286. The van der Waals surface area contributed by atoms with Gasteiger partial charge in [-0.05, 0) is 31.5 Å². The van der Waals surface area contributed by atoms with Gasteiger partial charge in [0.1, 0.15) is 18.0 Å². The summed E-state index contributed by atoms with van der Waals surface area (Å²) >= 11 is 0. The van der Waals surface area contributed by atoms with E-state index in [1.807, 2.05) is 26.0 Å². The van der Waals surface area contributed by atoms with Crippen molar-refractivity contribution < 1.29 is 28.6 Å². The molecule has 0 unspecified atom stereocenters. The van der Waals surface area contributed by atoms with E-state index in [2.05, 4.69) is 5.32 Å². The number of aryl methyl sites for hydroxylation is 2. The fourth-order valence-electron chi connectivity index (χ4n) is 2.59. The molecule has 0 aliphatic heterocycles. The van der Waals surface area contributed by atoms with Crippen LogP contribution in [-0.4, -0.2) is 45.0 Å². The molecule has 0 saturated carbocycles. The van der Waals surface area contributed by atoms with Crippen molar-refractivity contribution >= 4 is 17.7 Å². The lowest BCUT2D eigenvalue weighted by Gasteiger charge is -2.10. The molecule has 1 N–H and O–H groups in total. The van der Waals surface area contributed by atoms with Crippen molar-refractivity contribution in [3.05, 3.63) is 58.7 Å². The van der Waals surface area contributed by atoms with Crippen molar-refractivity contribution in [3.8, 4) is 11.5 Å². The number of hydrogen-bond donors (Lipinski definition) is 1. The van der Waals surface area contributed by atoms with Gasteiger partial charge in [-0.1, -0.05) is 23.8 Å². The Morgan fingerprint density at radius 2 is 1.57 bits per heavy atom. The molecule has 7 heteroatoms. The molecule has 0 heterocycles. The van der Waals surface area contributed by atoms with Crippen LogP contribution in [0.2, 0.25) is 0 Å². The van der Waals surface area contributed by atoms with Gasteiger partial charge in [0, 0.05) is 17.2 Å². The lowest BCUT2D eigenvalue weighted by molar-refractivity contribution is -0.141. The van der Waals surface area contributed by atoms with Crippen LogP contribution in [0.4, 0.5) is 0 Å². The number of benzene rings is 2. The van der Waals surface area contributed by atoms with Crippen LogP contribution in [0.1, 0.15) is 31.8 Å². The quantitative estimate of drug-likeness (QED) is 0.555. The van der Waals surface area contributed by atoms with Crippen molar-refractivity contribution in [3.63, 3.8) is 0 Å². The lowest BCUT2D eigenvalue weighted by Crippen LogP contribution is -2.31. The third kappa shape index (κ3) is 5.57. The zero-order valence-corrected chi connectivity index (χ0v) is 16.3. The molecule has 0 aromatic heterocycles. The molecule has 0 atom stereocenters. The molecule has 1 amide bonds. The first-order valence-corrected chi connectivity index (χ1v) is 8.61. The zero-order valence-electron chi connectivity index (χ0n) is 16.3. The number of hydrogen-bond acceptors (Lipinski definition) is 6. The third-order valence-corrected chi connectivity index (χ3v) is 4.05. The van der Waals surface area contributed by atoms with E-state index in [1.54, 1.807) is 12.1 Å². The molecule has 0 aliphatic rings. The Kier molecular flexibility index (Phi) is 7.14. The van der Waals surface area contributed by atoms with Crippen LogP contribution in [0, 0.1) is 13.8 Å². The zero-order chi connectivity index (χ0) is 20.7. The van der Waals surface area contributed by atoms with Crippen molar-refractivity contribution in [2.24, 2.45) is 0 Å². The number of nitrogens with one attached hydrogen (secondary N) is 1. The summed E-state index contributed by atoms with van der Waals surface area (Å²) in [6.45, 7) is 3.01. The van der Waals surface area contributed by atoms with Crippen LogP contribution in [0.25, 0.3) is 0 Å². The molecular formula is C21H23NO6. The molecule has 2 rings (SSSR count). The van der Waals surface area contributed by atoms with Crippen molar-refractivity contribution in [2.75, 3.05) is 27.4 Å². The van der Waals surface area contributed by atoms with Crippen LogP contribution in [0.15, 0.2) is 36.4 Å². The molecule has 0 fully saturated rings. The van der Waals surface area contributed by atoms with Gasteiger partial charge in [-0.15, -0.1) is 0 Å². The predicted molar refractivity (Wildman–Crippen MR) is 103 cm³/mol. The molecule has 0 spiro atoms. The molecule has 0 saturated heterocycles. The number of methoxy groups -OCH3 is 2. The van der Waals surface area contributed by atoms with Gasteiger partial charge in [0.15, 0.2) is 6.61 Å². The first-order valence-electron chi connectivity index (χ1n) is 8.61. The van der Waals surface area contributed by atoms with Gasteiger partial charge in [0.05, 0.1) is 14.2 Å². The van der Waals surface area contributed by atoms with Crippen LogP contribution in [0.3, 0.4) is 0 Å². The number of rotatable bonds is 8. The number of esters is 1. The van der Waals surface area contributed by atoms with E-state index in [1.165, 1.54) is 26.4 Å². The van der Waals surface area contributed by atoms with Crippen LogP contribution in [-0.2, 0) is 9.53 Å². The van der Waals surface area contributed by atoms with Gasteiger partial charge in [0.25, 0.3) is 5.91 Å². The molecule has 28 heavy (non-hydrogen) atoms. The van der Waals surface area contributed by atoms with Crippen LogP contribution < -0.4 is 14.8 Å². The minimum absolute atomic E-state index is 0.273. The van der Waals surface area contributed by atoms with Gasteiger partial charge in [-0.3, -0.25) is 14.4 Å². The lowest BCUT2D eigenvalue weighted by atomic mass is 10.0. The largest absolute Gasteiger partial charge is 0.497 e. The summed E-state index contributed by atoms with van der Waals surface area (Å²) in [4.78, 5) is 36.3. The topological polar surface area (TPSA) is 90.9 Å². The highest BCUT2D eigenvalue weighted by Crippen LogP contribution is 2.22. The molecule has 0 bridgehead atoms. The van der Waals surface area contributed by atoms with Crippen molar-refractivity contribution in [1.82, 2.24) is 5.32 Å². The highest BCUT2D eigenvalue weighted by molar-refractivity contribution is 6.00. The average molecular weight is 385 g/mol. The first-order chi connectivity index (χ1) is 13.3. The smallest absolute Gasteiger partial charge is 0.325 e. The number of Topliss-reactive ketones (excluding diaryl/α,β-unsaturated/α-hetero) is 1. The Balaban J connectivity index is 1.88. The Hall–Kier alpha value is -3.35. The van der Waals surface area contributed by atoms with Gasteiger partial charge >= 0.3 is 5.97 Å². The monoisotopic (exact) mass is 385 g/mol. The summed E-state index contributed by atoms with van der Waals surface area (Å²) in [7, 11) is 2.95. The second-order valence-corrected chi connectivity index (χ2v) is 6.19. The summed E-state index contributed by atoms with van der Waals surface area (Å²) in [5, 5.41) is 2.45. The second kappa shape index (κ2) is 9.55. The van der Waals surface area contributed by atoms with E-state index < -0.39 is 11.9 Å². The molecular weight excluding hydrogens is 362 g/mol. The normalized spacial score (nSPS) is 10.1. The maximum absolute atomic E-state index is 12.2. The number of carbonyl (C=O) groups is 3. The maximum Gasteiger partial charge on any atom is 0.325 e. The van der Waals surface area contributed by atoms with Crippen LogP contribution in [0.5, 0.6) is 11.5 Å². The Bertz CT molecular complexity index is 868. The minimum atomic E-state index is -0.707. The predicted octanol–water partition coefficient (Wildman–Crippen LogP) is 2.48. The Labute approximate surface area is 163 Å². The number of amides is 1. The second-order valence-electron chi connectivity index (χ2n) is 6.19. The van der Waals surface area contributed by atoms with Gasteiger partial charge in [0.2, 0.25) is 5.78 Å². The van der Waals surface area contributed by atoms with Crippen molar-refractivity contribution in [1.29, 1.82) is 0 Å². The summed E-state index contributed by atoms with van der Waals surface area (Å²) in [6, 6.07) is 10.1.